The SMILES string of the molecule is Cc1cnc2n1CCC(NC(=O)NS(=O)(=O)c1ccc3c(c1)sc(=O)n3C)C2. The monoisotopic (exact) mass is 421 g/mol. The van der Waals surface area contributed by atoms with Crippen LogP contribution in [-0.2, 0) is 30.0 Å². The van der Waals surface area contributed by atoms with Crippen molar-refractivity contribution < 1.29 is 13.2 Å². The van der Waals surface area contributed by atoms with Crippen LogP contribution in [0.2, 0.25) is 0 Å². The smallest absolute Gasteiger partial charge is 0.328 e. The lowest BCUT2D eigenvalue weighted by molar-refractivity contribution is 0.239. The molecule has 1 aliphatic heterocycles. The van der Waals surface area contributed by atoms with E-state index in [0.717, 1.165) is 29.4 Å². The molecule has 3 heterocycles. The predicted molar refractivity (Wildman–Crippen MR) is 105 cm³/mol. The number of rotatable bonds is 3. The summed E-state index contributed by atoms with van der Waals surface area (Å²) in [5.74, 6) is 0.876. The Hall–Kier alpha value is -2.66. The van der Waals surface area contributed by atoms with Gasteiger partial charge in [-0.25, -0.2) is 22.9 Å². The molecule has 2 N–H and O–H groups in total. The van der Waals surface area contributed by atoms with Crippen molar-refractivity contribution in [2.24, 2.45) is 7.05 Å². The number of fused-ring (bicyclic) bond motifs is 2. The van der Waals surface area contributed by atoms with Crippen LogP contribution in [-0.4, -0.2) is 34.6 Å². The number of aromatic nitrogens is 3. The van der Waals surface area contributed by atoms with E-state index in [1.54, 1.807) is 19.3 Å². The van der Waals surface area contributed by atoms with Gasteiger partial charge in [0.05, 0.1) is 15.1 Å². The van der Waals surface area contributed by atoms with Gasteiger partial charge in [-0.15, -0.1) is 0 Å². The van der Waals surface area contributed by atoms with Gasteiger partial charge < -0.3 is 14.5 Å². The van der Waals surface area contributed by atoms with Crippen LogP contribution in [0.3, 0.4) is 0 Å². The summed E-state index contributed by atoms with van der Waals surface area (Å²) in [6.45, 7) is 2.70. The van der Waals surface area contributed by atoms with Crippen LogP contribution in [0.4, 0.5) is 4.79 Å². The minimum absolute atomic E-state index is 0.0631. The Labute approximate surface area is 165 Å². The minimum Gasteiger partial charge on any atom is -0.334 e. The van der Waals surface area contributed by atoms with E-state index in [4.69, 9.17) is 0 Å². The lowest BCUT2D eigenvalue weighted by atomic mass is 10.1. The normalized spacial score (nSPS) is 16.7. The van der Waals surface area contributed by atoms with Crippen molar-refractivity contribution in [3.63, 3.8) is 0 Å². The maximum atomic E-state index is 12.6. The van der Waals surface area contributed by atoms with Crippen LogP contribution in [0.5, 0.6) is 0 Å². The molecule has 28 heavy (non-hydrogen) atoms. The topological polar surface area (TPSA) is 115 Å². The molecule has 0 saturated heterocycles. The molecule has 0 bridgehead atoms. The predicted octanol–water partition coefficient (Wildman–Crippen LogP) is 1.11. The van der Waals surface area contributed by atoms with Gasteiger partial charge in [-0.05, 0) is 31.5 Å². The molecule has 0 fully saturated rings. The molecule has 0 saturated carbocycles. The first-order valence-electron chi connectivity index (χ1n) is 8.68. The highest BCUT2D eigenvalue weighted by atomic mass is 32.2. The number of amides is 2. The Morgan fingerprint density at radius 2 is 2.14 bits per heavy atom. The Balaban J connectivity index is 1.47. The number of aryl methyl sites for hydroxylation is 2. The molecule has 2 aromatic heterocycles. The van der Waals surface area contributed by atoms with E-state index < -0.39 is 16.1 Å². The van der Waals surface area contributed by atoms with Gasteiger partial charge in [0, 0.05) is 37.9 Å². The number of nitrogens with zero attached hydrogens (tertiary/aromatic N) is 3. The third-order valence-corrected chi connectivity index (χ3v) is 7.23. The Morgan fingerprint density at radius 1 is 1.36 bits per heavy atom. The summed E-state index contributed by atoms with van der Waals surface area (Å²) in [6, 6.07) is 3.37. The molecule has 148 valence electrons. The van der Waals surface area contributed by atoms with E-state index in [-0.39, 0.29) is 15.8 Å². The first-order valence-corrected chi connectivity index (χ1v) is 11.0. The molecule has 0 radical (unpaired) electrons. The molecule has 0 aliphatic carbocycles. The molecular weight excluding hydrogens is 402 g/mol. The van der Waals surface area contributed by atoms with E-state index in [2.05, 4.69) is 14.9 Å². The number of nitrogens with one attached hydrogen (secondary N) is 2. The largest absolute Gasteiger partial charge is 0.334 e. The molecule has 4 rings (SSSR count). The van der Waals surface area contributed by atoms with Gasteiger partial charge in [-0.1, -0.05) is 11.3 Å². The van der Waals surface area contributed by atoms with Crippen molar-refractivity contribution in [3.8, 4) is 0 Å². The summed E-state index contributed by atoms with van der Waals surface area (Å²) < 4.78 is 31.2. The maximum absolute atomic E-state index is 12.6. The van der Waals surface area contributed by atoms with E-state index in [0.29, 0.717) is 23.1 Å². The summed E-state index contributed by atoms with van der Waals surface area (Å²) in [5.41, 5.74) is 1.71. The van der Waals surface area contributed by atoms with Crippen LogP contribution in [0, 0.1) is 6.92 Å². The van der Waals surface area contributed by atoms with Crippen molar-refractivity contribution in [3.05, 3.63) is 45.6 Å². The molecule has 3 aromatic rings. The number of thiazole rings is 1. The van der Waals surface area contributed by atoms with Crippen molar-refractivity contribution in [1.29, 1.82) is 0 Å². The number of hydrogen-bond acceptors (Lipinski definition) is 6. The molecule has 11 heteroatoms. The van der Waals surface area contributed by atoms with Crippen LogP contribution in [0.15, 0.2) is 34.1 Å². The lowest BCUT2D eigenvalue weighted by Gasteiger charge is -2.25. The second-order valence-corrected chi connectivity index (χ2v) is 9.47. The van der Waals surface area contributed by atoms with Gasteiger partial charge >= 0.3 is 10.9 Å². The van der Waals surface area contributed by atoms with Gasteiger partial charge in [0.2, 0.25) is 0 Å². The summed E-state index contributed by atoms with van der Waals surface area (Å²) in [5, 5.41) is 2.71. The first-order chi connectivity index (χ1) is 13.2. The average molecular weight is 422 g/mol. The van der Waals surface area contributed by atoms with E-state index in [9.17, 15) is 18.0 Å². The second-order valence-electron chi connectivity index (χ2n) is 6.79. The molecular formula is C17H19N5O4S2. The zero-order chi connectivity index (χ0) is 20.1. The standard InChI is InChI=1S/C17H19N5O4S2/c1-10-9-18-15-7-11(5-6-22(10)15)19-16(23)20-28(25,26)12-3-4-13-14(8-12)27-17(24)21(13)2/h3-4,8-9,11H,5-7H2,1-2H3,(H2,19,20,23). The molecule has 1 atom stereocenters. The van der Waals surface area contributed by atoms with Crippen molar-refractivity contribution >= 4 is 37.6 Å². The minimum atomic E-state index is -4.05. The van der Waals surface area contributed by atoms with Gasteiger partial charge in [0.15, 0.2) is 0 Å². The number of carbonyl (C=O) groups excluding carboxylic acids is 1. The number of benzene rings is 1. The summed E-state index contributed by atoms with van der Waals surface area (Å²) >= 11 is 0.957. The zero-order valence-corrected chi connectivity index (χ0v) is 16.9. The fraction of sp³-hybridized carbons (Fsp3) is 0.353. The van der Waals surface area contributed by atoms with Crippen molar-refractivity contribution in [1.82, 2.24) is 24.2 Å². The first kappa shape index (κ1) is 18.7. The van der Waals surface area contributed by atoms with Crippen LogP contribution in [0.1, 0.15) is 17.9 Å². The summed E-state index contributed by atoms with van der Waals surface area (Å²) in [6.07, 6.45) is 3.03. The van der Waals surface area contributed by atoms with Gasteiger partial charge in [-0.3, -0.25) is 4.79 Å². The molecule has 1 aliphatic rings. The van der Waals surface area contributed by atoms with E-state index in [1.807, 2.05) is 11.6 Å². The van der Waals surface area contributed by atoms with Crippen molar-refractivity contribution in [2.45, 2.75) is 37.2 Å². The highest BCUT2D eigenvalue weighted by molar-refractivity contribution is 7.90. The average Bonchev–Trinajstić information content (AvgIpc) is 3.14. The summed E-state index contributed by atoms with van der Waals surface area (Å²) in [7, 11) is -2.43. The maximum Gasteiger partial charge on any atom is 0.328 e. The quantitative estimate of drug-likeness (QED) is 0.657. The van der Waals surface area contributed by atoms with Gasteiger partial charge in [-0.2, -0.15) is 0 Å². The van der Waals surface area contributed by atoms with Gasteiger partial charge in [0.1, 0.15) is 5.82 Å². The van der Waals surface area contributed by atoms with Gasteiger partial charge in [0.25, 0.3) is 10.0 Å². The lowest BCUT2D eigenvalue weighted by Crippen LogP contribution is -2.47. The van der Waals surface area contributed by atoms with E-state index >= 15 is 0 Å². The fourth-order valence-corrected chi connectivity index (χ4v) is 5.32. The highest BCUT2D eigenvalue weighted by Crippen LogP contribution is 2.21. The van der Waals surface area contributed by atoms with Crippen molar-refractivity contribution in [2.75, 3.05) is 0 Å². The third kappa shape index (κ3) is 3.31. The fourth-order valence-electron chi connectivity index (χ4n) is 3.39. The molecule has 1 aromatic carbocycles. The van der Waals surface area contributed by atoms with Crippen LogP contribution in [0.25, 0.3) is 10.2 Å². The Kier molecular flexibility index (Phi) is 4.50. The molecule has 9 nitrogen and oxygen atoms in total. The van der Waals surface area contributed by atoms with E-state index in [1.165, 1.54) is 16.7 Å². The number of imidazole rings is 1. The number of carbonyl (C=O) groups is 1. The molecule has 2 amide bonds. The second kappa shape index (κ2) is 6.74. The van der Waals surface area contributed by atoms with Crippen LogP contribution < -0.4 is 14.9 Å². The van der Waals surface area contributed by atoms with Crippen LogP contribution >= 0.6 is 11.3 Å². The Bertz CT molecular complexity index is 1240. The number of hydrogen-bond donors (Lipinski definition) is 2. The molecule has 0 spiro atoms. The number of urea groups is 1. The number of sulfonamides is 1. The Morgan fingerprint density at radius 3 is 2.93 bits per heavy atom. The molecule has 1 unspecified atom stereocenters. The third-order valence-electron chi connectivity index (χ3n) is 4.90. The summed E-state index contributed by atoms with van der Waals surface area (Å²) in [4.78, 5) is 28.1. The zero-order valence-electron chi connectivity index (χ0n) is 15.3. The highest BCUT2D eigenvalue weighted by Gasteiger charge is 2.25.